The number of piperidine rings is 1. The molecule has 98 valence electrons. The fourth-order valence-electron chi connectivity index (χ4n) is 2.16. The van der Waals surface area contributed by atoms with Crippen LogP contribution in [-0.4, -0.2) is 25.0 Å². The molecule has 0 radical (unpaired) electrons. The van der Waals surface area contributed by atoms with Crippen molar-refractivity contribution in [3.63, 3.8) is 0 Å². The van der Waals surface area contributed by atoms with E-state index in [1.54, 1.807) is 6.92 Å². The topological polar surface area (TPSA) is 58.4 Å². The Morgan fingerprint density at radius 2 is 1.83 bits per heavy atom. The zero-order valence-corrected chi connectivity index (χ0v) is 10.9. The Morgan fingerprint density at radius 3 is 2.39 bits per heavy atom. The molecule has 1 saturated heterocycles. The molecule has 1 aliphatic heterocycles. The van der Waals surface area contributed by atoms with Gasteiger partial charge in [0.05, 0.1) is 6.04 Å². The van der Waals surface area contributed by atoms with Crippen LogP contribution in [0.4, 0.5) is 11.4 Å². The van der Waals surface area contributed by atoms with Crippen molar-refractivity contribution in [1.29, 1.82) is 0 Å². The fraction of sp³-hybridized carbons (Fsp3) is 0.500. The van der Waals surface area contributed by atoms with Crippen LogP contribution in [0.25, 0.3) is 0 Å². The summed E-state index contributed by atoms with van der Waals surface area (Å²) in [6, 6.07) is 7.50. The standard InChI is InChI=1S/C14H21N3O/c1-11(15)14(18)16-12-5-7-13(8-6-12)17-9-3-2-4-10-17/h5-8,11H,2-4,9-10,15H2,1H3,(H,16,18). The summed E-state index contributed by atoms with van der Waals surface area (Å²) in [5.41, 5.74) is 7.54. The van der Waals surface area contributed by atoms with Gasteiger partial charge in [-0.15, -0.1) is 0 Å². The van der Waals surface area contributed by atoms with E-state index >= 15 is 0 Å². The average molecular weight is 247 g/mol. The van der Waals surface area contributed by atoms with Crippen molar-refractivity contribution in [2.75, 3.05) is 23.3 Å². The largest absolute Gasteiger partial charge is 0.372 e. The highest BCUT2D eigenvalue weighted by atomic mass is 16.2. The molecular weight excluding hydrogens is 226 g/mol. The van der Waals surface area contributed by atoms with Crippen LogP contribution in [0.1, 0.15) is 26.2 Å². The van der Waals surface area contributed by atoms with Crippen LogP contribution in [0.5, 0.6) is 0 Å². The third kappa shape index (κ3) is 3.23. The SMILES string of the molecule is CC(N)C(=O)Nc1ccc(N2CCCCC2)cc1. The zero-order chi connectivity index (χ0) is 13.0. The number of carbonyl (C=O) groups excluding carboxylic acids is 1. The number of nitrogens with one attached hydrogen (secondary N) is 1. The molecule has 1 fully saturated rings. The smallest absolute Gasteiger partial charge is 0.240 e. The van der Waals surface area contributed by atoms with Gasteiger partial charge in [0.25, 0.3) is 0 Å². The molecule has 1 amide bonds. The van der Waals surface area contributed by atoms with Crippen molar-refractivity contribution >= 4 is 17.3 Å². The molecule has 18 heavy (non-hydrogen) atoms. The van der Waals surface area contributed by atoms with Gasteiger partial charge in [0.15, 0.2) is 0 Å². The van der Waals surface area contributed by atoms with E-state index in [0.717, 1.165) is 18.8 Å². The number of benzene rings is 1. The first kappa shape index (κ1) is 12.9. The quantitative estimate of drug-likeness (QED) is 0.858. The van der Waals surface area contributed by atoms with Gasteiger partial charge in [-0.25, -0.2) is 0 Å². The summed E-state index contributed by atoms with van der Waals surface area (Å²) in [5.74, 6) is -0.152. The van der Waals surface area contributed by atoms with Crippen LogP contribution < -0.4 is 16.0 Å². The molecule has 1 aliphatic rings. The summed E-state index contributed by atoms with van der Waals surface area (Å²) >= 11 is 0. The third-order valence-electron chi connectivity index (χ3n) is 3.27. The lowest BCUT2D eigenvalue weighted by atomic mass is 10.1. The van der Waals surface area contributed by atoms with Crippen LogP contribution >= 0.6 is 0 Å². The summed E-state index contributed by atoms with van der Waals surface area (Å²) in [4.78, 5) is 13.8. The Labute approximate surface area is 108 Å². The number of hydrogen-bond donors (Lipinski definition) is 2. The summed E-state index contributed by atoms with van der Waals surface area (Å²) in [6.07, 6.45) is 3.87. The van der Waals surface area contributed by atoms with E-state index in [2.05, 4.69) is 22.3 Å². The van der Waals surface area contributed by atoms with Crippen molar-refractivity contribution in [3.8, 4) is 0 Å². The first-order valence-electron chi connectivity index (χ1n) is 6.58. The Hall–Kier alpha value is -1.55. The molecule has 1 atom stereocenters. The second kappa shape index (κ2) is 5.87. The second-order valence-electron chi connectivity index (χ2n) is 4.87. The normalized spacial score (nSPS) is 17.3. The van der Waals surface area contributed by atoms with Crippen molar-refractivity contribution in [3.05, 3.63) is 24.3 Å². The predicted octanol–water partition coefficient (Wildman–Crippen LogP) is 1.96. The van der Waals surface area contributed by atoms with Gasteiger partial charge in [0.2, 0.25) is 5.91 Å². The van der Waals surface area contributed by atoms with Gasteiger partial charge in [0, 0.05) is 24.5 Å². The minimum absolute atomic E-state index is 0.152. The number of carbonyl (C=O) groups is 1. The number of anilines is 2. The van der Waals surface area contributed by atoms with E-state index in [9.17, 15) is 4.79 Å². The number of nitrogens with zero attached hydrogens (tertiary/aromatic N) is 1. The van der Waals surface area contributed by atoms with E-state index in [1.165, 1.54) is 24.9 Å². The van der Waals surface area contributed by atoms with E-state index < -0.39 is 6.04 Å². The van der Waals surface area contributed by atoms with E-state index in [4.69, 9.17) is 5.73 Å². The minimum Gasteiger partial charge on any atom is -0.372 e. The molecule has 1 unspecified atom stereocenters. The van der Waals surface area contributed by atoms with Gasteiger partial charge in [-0.1, -0.05) is 0 Å². The lowest BCUT2D eigenvalue weighted by Gasteiger charge is -2.28. The molecular formula is C14H21N3O. The number of hydrogen-bond acceptors (Lipinski definition) is 3. The summed E-state index contributed by atoms with van der Waals surface area (Å²) in [7, 11) is 0. The number of amides is 1. The van der Waals surface area contributed by atoms with Crippen LogP contribution in [0.2, 0.25) is 0 Å². The van der Waals surface area contributed by atoms with Crippen LogP contribution in [0, 0.1) is 0 Å². The van der Waals surface area contributed by atoms with E-state index in [1.807, 2.05) is 12.1 Å². The highest BCUT2D eigenvalue weighted by Gasteiger charge is 2.11. The summed E-state index contributed by atoms with van der Waals surface area (Å²) < 4.78 is 0. The molecule has 0 aromatic heterocycles. The predicted molar refractivity (Wildman–Crippen MR) is 74.8 cm³/mol. The molecule has 1 heterocycles. The van der Waals surface area contributed by atoms with Crippen LogP contribution in [0.3, 0.4) is 0 Å². The van der Waals surface area contributed by atoms with Crippen LogP contribution in [-0.2, 0) is 4.79 Å². The van der Waals surface area contributed by atoms with Crippen molar-refractivity contribution in [2.24, 2.45) is 5.73 Å². The van der Waals surface area contributed by atoms with Crippen molar-refractivity contribution in [2.45, 2.75) is 32.2 Å². The van der Waals surface area contributed by atoms with E-state index in [0.29, 0.717) is 0 Å². The molecule has 4 nitrogen and oxygen atoms in total. The Morgan fingerprint density at radius 1 is 1.22 bits per heavy atom. The maximum absolute atomic E-state index is 11.5. The van der Waals surface area contributed by atoms with Gasteiger partial charge in [-0.3, -0.25) is 4.79 Å². The number of nitrogens with two attached hydrogens (primary N) is 1. The molecule has 0 spiro atoms. The highest BCUT2D eigenvalue weighted by Crippen LogP contribution is 2.21. The van der Waals surface area contributed by atoms with Gasteiger partial charge in [0.1, 0.15) is 0 Å². The molecule has 1 aromatic carbocycles. The first-order chi connectivity index (χ1) is 8.66. The fourth-order valence-corrected chi connectivity index (χ4v) is 2.16. The summed E-state index contributed by atoms with van der Waals surface area (Å²) in [5, 5.41) is 2.79. The molecule has 0 saturated carbocycles. The van der Waals surface area contributed by atoms with E-state index in [-0.39, 0.29) is 5.91 Å². The molecule has 4 heteroatoms. The molecule has 3 N–H and O–H groups in total. The molecule has 2 rings (SSSR count). The molecule has 0 aliphatic carbocycles. The van der Waals surface area contributed by atoms with Crippen molar-refractivity contribution < 1.29 is 4.79 Å². The van der Waals surface area contributed by atoms with Gasteiger partial charge < -0.3 is 16.0 Å². The molecule has 0 bridgehead atoms. The molecule has 1 aromatic rings. The van der Waals surface area contributed by atoms with Crippen molar-refractivity contribution in [1.82, 2.24) is 0 Å². The minimum atomic E-state index is -0.480. The Bertz CT molecular complexity index is 394. The Kier molecular flexibility index (Phi) is 4.20. The monoisotopic (exact) mass is 247 g/mol. The maximum atomic E-state index is 11.5. The van der Waals surface area contributed by atoms with Gasteiger partial charge in [-0.05, 0) is 50.5 Å². The highest BCUT2D eigenvalue weighted by molar-refractivity contribution is 5.94. The number of rotatable bonds is 3. The Balaban J connectivity index is 1.98. The van der Waals surface area contributed by atoms with Crippen LogP contribution in [0.15, 0.2) is 24.3 Å². The summed E-state index contributed by atoms with van der Waals surface area (Å²) in [6.45, 7) is 3.94. The first-order valence-corrected chi connectivity index (χ1v) is 6.58. The maximum Gasteiger partial charge on any atom is 0.240 e. The second-order valence-corrected chi connectivity index (χ2v) is 4.87. The van der Waals surface area contributed by atoms with Gasteiger partial charge in [-0.2, -0.15) is 0 Å². The van der Waals surface area contributed by atoms with Gasteiger partial charge >= 0.3 is 0 Å². The zero-order valence-electron chi connectivity index (χ0n) is 10.9. The lowest BCUT2D eigenvalue weighted by molar-refractivity contribution is -0.117. The average Bonchev–Trinajstić information content (AvgIpc) is 2.40. The lowest BCUT2D eigenvalue weighted by Crippen LogP contribution is -2.32. The third-order valence-corrected chi connectivity index (χ3v) is 3.27.